The summed E-state index contributed by atoms with van der Waals surface area (Å²) in [5.41, 5.74) is 0.505. The van der Waals surface area contributed by atoms with Crippen molar-refractivity contribution in [1.29, 1.82) is 0 Å². The molecular weight excluding hydrogens is 446 g/mol. The minimum atomic E-state index is -0.802. The van der Waals surface area contributed by atoms with Gasteiger partial charge >= 0.3 is 18.0 Å². The fraction of sp³-hybridized carbons (Fsp3) is 0.261. The summed E-state index contributed by atoms with van der Waals surface area (Å²) in [4.78, 5) is 63.2. The zero-order valence-corrected chi connectivity index (χ0v) is 18.4. The largest absolute Gasteiger partial charge is 0.467 e. The van der Waals surface area contributed by atoms with Crippen LogP contribution in [0.4, 0.5) is 4.79 Å². The Morgan fingerprint density at radius 3 is 2.53 bits per heavy atom. The molecule has 176 valence electrons. The van der Waals surface area contributed by atoms with E-state index in [-0.39, 0.29) is 41.1 Å². The van der Waals surface area contributed by atoms with E-state index in [9.17, 15) is 24.0 Å². The van der Waals surface area contributed by atoms with Crippen LogP contribution in [0.15, 0.2) is 52.3 Å². The maximum absolute atomic E-state index is 12.8. The number of imide groups is 1. The van der Waals surface area contributed by atoms with E-state index in [1.165, 1.54) is 24.5 Å². The van der Waals surface area contributed by atoms with Gasteiger partial charge in [-0.2, -0.15) is 0 Å². The van der Waals surface area contributed by atoms with Crippen LogP contribution in [0.25, 0.3) is 0 Å². The third-order valence-corrected chi connectivity index (χ3v) is 5.31. The second kappa shape index (κ2) is 9.22. The number of carbonyl (C=O) groups excluding carboxylic acids is 5. The van der Waals surface area contributed by atoms with Crippen molar-refractivity contribution < 1.29 is 37.9 Å². The molecule has 4 amide bonds. The number of hydrogen-bond donors (Lipinski definition) is 2. The first kappa shape index (κ1) is 22.8. The zero-order valence-electron chi connectivity index (χ0n) is 18.4. The Labute approximate surface area is 193 Å². The number of esters is 2. The maximum Gasteiger partial charge on any atom is 0.338 e. The van der Waals surface area contributed by atoms with Crippen LogP contribution in [-0.2, 0) is 20.8 Å². The number of rotatable bonds is 7. The van der Waals surface area contributed by atoms with Gasteiger partial charge in [-0.05, 0) is 44.2 Å². The third kappa shape index (κ3) is 4.27. The quantitative estimate of drug-likeness (QED) is 0.463. The lowest BCUT2D eigenvalue weighted by Crippen LogP contribution is -2.50. The molecular formula is C23H21N3O8. The molecule has 11 nitrogen and oxygen atoms in total. The Hall–Kier alpha value is -4.41. The van der Waals surface area contributed by atoms with Gasteiger partial charge in [0.15, 0.2) is 0 Å². The van der Waals surface area contributed by atoms with E-state index in [0.717, 1.165) is 4.90 Å². The number of nitrogens with one attached hydrogen (secondary N) is 2. The summed E-state index contributed by atoms with van der Waals surface area (Å²) < 4.78 is 15.5. The number of hydrogen-bond acceptors (Lipinski definition) is 8. The number of urea groups is 1. The standard InChI is InChI=1S/C23H21N3O8/c1-3-32-22(30)18-12(2)24-23(31)25-17(18)11-34-21(29)13-6-7-15-16(9-13)20(28)26(19(15)27)10-14-5-4-8-33-14/h4-9,12H,3,10-11H2,1-2H3,(H2,24,25,31)/t12-/m0/s1. The fourth-order valence-electron chi connectivity index (χ4n) is 3.73. The highest BCUT2D eigenvalue weighted by Crippen LogP contribution is 2.26. The Balaban J connectivity index is 1.51. The highest BCUT2D eigenvalue weighted by atomic mass is 16.5. The fourth-order valence-corrected chi connectivity index (χ4v) is 3.73. The number of fused-ring (bicyclic) bond motifs is 1. The molecule has 4 rings (SSSR count). The van der Waals surface area contributed by atoms with Crippen molar-refractivity contribution in [3.05, 3.63) is 70.3 Å². The first-order chi connectivity index (χ1) is 16.3. The lowest BCUT2D eigenvalue weighted by molar-refractivity contribution is -0.139. The molecule has 2 aliphatic rings. The minimum absolute atomic E-state index is 0.0319. The summed E-state index contributed by atoms with van der Waals surface area (Å²) in [6.07, 6.45) is 1.44. The molecule has 0 unspecified atom stereocenters. The molecule has 3 heterocycles. The molecule has 0 aliphatic carbocycles. The third-order valence-electron chi connectivity index (χ3n) is 5.31. The van der Waals surface area contributed by atoms with E-state index in [0.29, 0.717) is 5.76 Å². The predicted octanol–water partition coefficient (Wildman–Crippen LogP) is 1.75. The summed E-state index contributed by atoms with van der Waals surface area (Å²) >= 11 is 0. The first-order valence-corrected chi connectivity index (χ1v) is 10.5. The normalized spacial score (nSPS) is 17.3. The molecule has 0 saturated heterocycles. The Morgan fingerprint density at radius 1 is 1.06 bits per heavy atom. The highest BCUT2D eigenvalue weighted by molar-refractivity contribution is 6.21. The van der Waals surface area contributed by atoms with E-state index in [1.807, 2.05) is 0 Å². The monoisotopic (exact) mass is 467 g/mol. The number of ether oxygens (including phenoxy) is 2. The topological polar surface area (TPSA) is 144 Å². The molecule has 1 atom stereocenters. The van der Waals surface area contributed by atoms with Crippen molar-refractivity contribution in [3.63, 3.8) is 0 Å². The second-order valence-electron chi connectivity index (χ2n) is 7.55. The van der Waals surface area contributed by atoms with Crippen LogP contribution in [0.3, 0.4) is 0 Å². The molecule has 0 radical (unpaired) electrons. The number of nitrogens with zero attached hydrogens (tertiary/aromatic N) is 1. The van der Waals surface area contributed by atoms with Crippen molar-refractivity contribution in [1.82, 2.24) is 15.5 Å². The van der Waals surface area contributed by atoms with Gasteiger partial charge in [-0.1, -0.05) is 0 Å². The second-order valence-corrected chi connectivity index (χ2v) is 7.55. The summed E-state index contributed by atoms with van der Waals surface area (Å²) in [5, 5.41) is 5.01. The van der Waals surface area contributed by atoms with Crippen LogP contribution in [0.2, 0.25) is 0 Å². The van der Waals surface area contributed by atoms with Crippen LogP contribution in [0.1, 0.15) is 50.7 Å². The Bertz CT molecular complexity index is 1210. The van der Waals surface area contributed by atoms with E-state index >= 15 is 0 Å². The average Bonchev–Trinajstić information content (AvgIpc) is 3.40. The molecule has 0 saturated carbocycles. The molecule has 0 fully saturated rings. The van der Waals surface area contributed by atoms with Gasteiger partial charge in [0.25, 0.3) is 11.8 Å². The average molecular weight is 467 g/mol. The maximum atomic E-state index is 12.8. The van der Waals surface area contributed by atoms with Crippen molar-refractivity contribution >= 4 is 29.8 Å². The van der Waals surface area contributed by atoms with Crippen molar-refractivity contribution in [3.8, 4) is 0 Å². The smallest absolute Gasteiger partial charge is 0.338 e. The molecule has 11 heteroatoms. The van der Waals surface area contributed by atoms with Gasteiger partial charge < -0.3 is 24.5 Å². The lowest BCUT2D eigenvalue weighted by atomic mass is 10.0. The molecule has 34 heavy (non-hydrogen) atoms. The SMILES string of the molecule is CCOC(=O)C1=C(COC(=O)c2ccc3c(c2)C(=O)N(Cc2ccco2)C3=O)NC(=O)N[C@H]1C. The first-order valence-electron chi connectivity index (χ1n) is 10.5. The summed E-state index contributed by atoms with van der Waals surface area (Å²) in [6.45, 7) is 2.95. The molecule has 2 aromatic rings. The van der Waals surface area contributed by atoms with Crippen molar-refractivity contribution in [2.45, 2.75) is 26.4 Å². The van der Waals surface area contributed by atoms with Crippen molar-refractivity contribution in [2.24, 2.45) is 0 Å². The molecule has 1 aromatic carbocycles. The van der Waals surface area contributed by atoms with Crippen LogP contribution in [0.5, 0.6) is 0 Å². The van der Waals surface area contributed by atoms with E-state index in [2.05, 4.69) is 10.6 Å². The van der Waals surface area contributed by atoms with Gasteiger partial charge in [-0.15, -0.1) is 0 Å². The zero-order chi connectivity index (χ0) is 24.4. The summed E-state index contributed by atoms with van der Waals surface area (Å²) in [7, 11) is 0. The number of benzene rings is 1. The van der Waals surface area contributed by atoms with Gasteiger partial charge in [0.2, 0.25) is 0 Å². The van der Waals surface area contributed by atoms with Crippen LogP contribution < -0.4 is 10.6 Å². The number of carbonyl (C=O) groups is 5. The molecule has 0 bridgehead atoms. The van der Waals surface area contributed by atoms with E-state index in [4.69, 9.17) is 13.9 Å². The highest BCUT2D eigenvalue weighted by Gasteiger charge is 2.37. The number of furan rings is 1. The molecule has 1 aromatic heterocycles. The Kier molecular flexibility index (Phi) is 6.17. The Morgan fingerprint density at radius 2 is 1.82 bits per heavy atom. The lowest BCUT2D eigenvalue weighted by Gasteiger charge is -2.26. The summed E-state index contributed by atoms with van der Waals surface area (Å²) in [6, 6.07) is 6.13. The van der Waals surface area contributed by atoms with E-state index in [1.54, 1.807) is 26.0 Å². The number of amides is 4. The van der Waals surface area contributed by atoms with Gasteiger partial charge in [-0.3, -0.25) is 14.5 Å². The van der Waals surface area contributed by atoms with Crippen LogP contribution in [0, 0.1) is 0 Å². The predicted molar refractivity (Wildman–Crippen MR) is 114 cm³/mol. The van der Waals surface area contributed by atoms with Gasteiger partial charge in [0.1, 0.15) is 12.4 Å². The minimum Gasteiger partial charge on any atom is -0.467 e. The van der Waals surface area contributed by atoms with Crippen LogP contribution in [-0.4, -0.2) is 53.9 Å². The molecule has 2 aliphatic heterocycles. The van der Waals surface area contributed by atoms with Gasteiger partial charge in [-0.25, -0.2) is 14.4 Å². The molecule has 0 spiro atoms. The van der Waals surface area contributed by atoms with Crippen molar-refractivity contribution in [2.75, 3.05) is 13.2 Å². The van der Waals surface area contributed by atoms with Crippen LogP contribution >= 0.6 is 0 Å². The molecule has 2 N–H and O–H groups in total. The van der Waals surface area contributed by atoms with Gasteiger partial charge in [0.05, 0.1) is 53.4 Å². The van der Waals surface area contributed by atoms with E-state index < -0.39 is 42.4 Å². The summed E-state index contributed by atoms with van der Waals surface area (Å²) in [5.74, 6) is -2.06. The van der Waals surface area contributed by atoms with Gasteiger partial charge in [0, 0.05) is 0 Å².